The molecule has 2 unspecified atom stereocenters. The second kappa shape index (κ2) is 18.2. The van der Waals surface area contributed by atoms with Crippen molar-refractivity contribution in [2.75, 3.05) is 46.4 Å². The van der Waals surface area contributed by atoms with Gasteiger partial charge in [-0.25, -0.2) is 0 Å². The van der Waals surface area contributed by atoms with E-state index >= 15 is 0 Å². The molecule has 2 aromatic carbocycles. The molecule has 1 saturated carbocycles. The summed E-state index contributed by atoms with van der Waals surface area (Å²) in [6.07, 6.45) is 12.0. The Balaban J connectivity index is 0.000000687. The van der Waals surface area contributed by atoms with Crippen LogP contribution in [0.3, 0.4) is 0 Å². The van der Waals surface area contributed by atoms with E-state index in [0.29, 0.717) is 32.1 Å². The molecular formula is C36H48N4O5. The Bertz CT molecular complexity index is 1190. The number of likely N-dealkylation sites (tertiary alicyclic amines) is 1. The van der Waals surface area contributed by atoms with Gasteiger partial charge in [-0.2, -0.15) is 0 Å². The zero-order valence-corrected chi connectivity index (χ0v) is 26.5. The SMILES string of the molecule is COCCN(C=O)C1C(=O)N([C@@H](CCC=O)C(=O)N2CCN(C3CCCCC3)CC2)C1/C=C/c1ccccc1.c1ccccc1. The van der Waals surface area contributed by atoms with Gasteiger partial charge in [-0.15, -0.1) is 0 Å². The summed E-state index contributed by atoms with van der Waals surface area (Å²) < 4.78 is 5.14. The summed E-state index contributed by atoms with van der Waals surface area (Å²) in [5.74, 6) is -0.384. The first-order valence-corrected chi connectivity index (χ1v) is 16.3. The van der Waals surface area contributed by atoms with Crippen LogP contribution in [0.2, 0.25) is 0 Å². The number of methoxy groups -OCH3 is 1. The first-order chi connectivity index (χ1) is 22.1. The summed E-state index contributed by atoms with van der Waals surface area (Å²) in [4.78, 5) is 58.2. The molecule has 3 fully saturated rings. The van der Waals surface area contributed by atoms with E-state index in [1.807, 2.05) is 83.8 Å². The lowest BCUT2D eigenvalue weighted by Crippen LogP contribution is -2.74. The molecule has 3 atom stereocenters. The second-order valence-corrected chi connectivity index (χ2v) is 11.9. The summed E-state index contributed by atoms with van der Waals surface area (Å²) in [7, 11) is 1.55. The number of carbonyl (C=O) groups is 4. The molecule has 0 spiro atoms. The Hall–Kier alpha value is -3.82. The van der Waals surface area contributed by atoms with Crippen molar-refractivity contribution in [2.45, 2.75) is 69.1 Å². The highest BCUT2D eigenvalue weighted by Gasteiger charge is 2.53. The quantitative estimate of drug-likeness (QED) is 0.251. The molecule has 5 rings (SSSR count). The molecule has 1 aliphatic carbocycles. The molecule has 9 nitrogen and oxygen atoms in total. The number of rotatable bonds is 13. The molecular weight excluding hydrogens is 568 g/mol. The van der Waals surface area contributed by atoms with Crippen molar-refractivity contribution in [3.05, 3.63) is 78.4 Å². The molecule has 2 heterocycles. The minimum atomic E-state index is -0.749. The summed E-state index contributed by atoms with van der Waals surface area (Å²) in [6.45, 7) is 3.49. The van der Waals surface area contributed by atoms with Crippen LogP contribution in [0.25, 0.3) is 6.08 Å². The third-order valence-electron chi connectivity index (χ3n) is 9.05. The van der Waals surface area contributed by atoms with Crippen LogP contribution in [-0.4, -0.2) is 115 Å². The zero-order valence-electron chi connectivity index (χ0n) is 26.5. The van der Waals surface area contributed by atoms with Crippen LogP contribution in [0.5, 0.6) is 0 Å². The van der Waals surface area contributed by atoms with Crippen LogP contribution in [0.4, 0.5) is 0 Å². The van der Waals surface area contributed by atoms with Crippen molar-refractivity contribution >= 4 is 30.6 Å². The number of hydrogen-bond acceptors (Lipinski definition) is 6. The average molecular weight is 617 g/mol. The average Bonchev–Trinajstić information content (AvgIpc) is 3.11. The van der Waals surface area contributed by atoms with Crippen LogP contribution < -0.4 is 0 Å². The first kappa shape index (κ1) is 34.1. The van der Waals surface area contributed by atoms with Gasteiger partial charge in [-0.3, -0.25) is 19.3 Å². The summed E-state index contributed by atoms with van der Waals surface area (Å²) in [5, 5.41) is 0. The number of nitrogens with zero attached hydrogens (tertiary/aromatic N) is 4. The highest BCUT2D eigenvalue weighted by molar-refractivity contribution is 5.97. The van der Waals surface area contributed by atoms with Crippen molar-refractivity contribution in [1.29, 1.82) is 0 Å². The second-order valence-electron chi connectivity index (χ2n) is 11.9. The number of carbonyl (C=O) groups excluding carboxylic acids is 4. The van der Waals surface area contributed by atoms with Crippen molar-refractivity contribution in [2.24, 2.45) is 0 Å². The molecule has 2 aromatic rings. The van der Waals surface area contributed by atoms with Gasteiger partial charge in [0.1, 0.15) is 18.4 Å². The van der Waals surface area contributed by atoms with Crippen molar-refractivity contribution in [3.63, 3.8) is 0 Å². The molecule has 9 heteroatoms. The van der Waals surface area contributed by atoms with Crippen molar-refractivity contribution in [1.82, 2.24) is 19.6 Å². The lowest BCUT2D eigenvalue weighted by atomic mass is 9.88. The predicted octanol–water partition coefficient (Wildman–Crippen LogP) is 3.90. The van der Waals surface area contributed by atoms with Gasteiger partial charge in [0.15, 0.2) is 0 Å². The Morgan fingerprint density at radius 2 is 1.56 bits per heavy atom. The van der Waals surface area contributed by atoms with Crippen LogP contribution in [0, 0.1) is 0 Å². The van der Waals surface area contributed by atoms with Crippen molar-refractivity contribution in [3.8, 4) is 0 Å². The smallest absolute Gasteiger partial charge is 0.249 e. The minimum Gasteiger partial charge on any atom is -0.383 e. The van der Waals surface area contributed by atoms with E-state index in [4.69, 9.17) is 4.74 Å². The number of amides is 3. The fraction of sp³-hybridized carbons (Fsp3) is 0.500. The number of aldehydes is 1. The van der Waals surface area contributed by atoms with E-state index in [2.05, 4.69) is 4.90 Å². The van der Waals surface area contributed by atoms with E-state index in [0.717, 1.165) is 24.9 Å². The van der Waals surface area contributed by atoms with Gasteiger partial charge in [-0.05, 0) is 24.8 Å². The highest BCUT2D eigenvalue weighted by Crippen LogP contribution is 2.32. The van der Waals surface area contributed by atoms with E-state index in [1.165, 1.54) is 37.0 Å². The summed E-state index contributed by atoms with van der Waals surface area (Å²) in [5.41, 5.74) is 0.958. The molecule has 3 amide bonds. The lowest BCUT2D eigenvalue weighted by Gasteiger charge is -2.53. The molecule has 0 radical (unpaired) electrons. The largest absolute Gasteiger partial charge is 0.383 e. The molecule has 0 bridgehead atoms. The van der Waals surface area contributed by atoms with Gasteiger partial charge in [0, 0.05) is 52.3 Å². The van der Waals surface area contributed by atoms with Gasteiger partial charge in [-0.1, -0.05) is 98.1 Å². The number of β-lactam (4-membered cyclic amide) rings is 1. The van der Waals surface area contributed by atoms with Crippen LogP contribution in [0.1, 0.15) is 50.5 Å². The normalized spacial score (nSPS) is 21.4. The van der Waals surface area contributed by atoms with E-state index in [9.17, 15) is 19.2 Å². The molecule has 0 aromatic heterocycles. The van der Waals surface area contributed by atoms with Crippen LogP contribution in [-0.2, 0) is 23.9 Å². The van der Waals surface area contributed by atoms with Gasteiger partial charge in [0.2, 0.25) is 18.2 Å². The molecule has 2 saturated heterocycles. The van der Waals surface area contributed by atoms with Crippen molar-refractivity contribution < 1.29 is 23.9 Å². The van der Waals surface area contributed by atoms with E-state index in [-0.39, 0.29) is 31.2 Å². The summed E-state index contributed by atoms with van der Waals surface area (Å²) >= 11 is 0. The topological polar surface area (TPSA) is 90.5 Å². The first-order valence-electron chi connectivity index (χ1n) is 16.3. The number of hydrogen-bond donors (Lipinski definition) is 0. The van der Waals surface area contributed by atoms with Gasteiger partial charge in [0.05, 0.1) is 12.6 Å². The Morgan fingerprint density at radius 1 is 0.933 bits per heavy atom. The number of benzene rings is 2. The molecule has 0 N–H and O–H groups in total. The maximum atomic E-state index is 13.9. The highest BCUT2D eigenvalue weighted by atomic mass is 16.5. The number of piperazine rings is 1. The van der Waals surface area contributed by atoms with Crippen LogP contribution >= 0.6 is 0 Å². The fourth-order valence-corrected chi connectivity index (χ4v) is 6.60. The van der Waals surface area contributed by atoms with Gasteiger partial charge in [0.25, 0.3) is 0 Å². The third-order valence-corrected chi connectivity index (χ3v) is 9.05. The Kier molecular flexibility index (Phi) is 13.8. The van der Waals surface area contributed by atoms with Gasteiger partial charge < -0.3 is 24.2 Å². The maximum absolute atomic E-state index is 13.9. The minimum absolute atomic E-state index is 0.111. The Labute approximate surface area is 267 Å². The fourth-order valence-electron chi connectivity index (χ4n) is 6.60. The predicted molar refractivity (Wildman–Crippen MR) is 175 cm³/mol. The lowest BCUT2D eigenvalue weighted by molar-refractivity contribution is -0.169. The zero-order chi connectivity index (χ0) is 31.9. The summed E-state index contributed by atoms with van der Waals surface area (Å²) in [6, 6.07) is 20.4. The van der Waals surface area contributed by atoms with E-state index < -0.39 is 18.1 Å². The standard InChI is InChI=1S/C30H42N4O5.C6H6/c1-39-22-20-33(23-36)28-26(15-14-24-9-4-2-5-10-24)34(30(28)38)27(13-8-21-35)29(37)32-18-16-31(17-19-32)25-11-6-3-7-12-25;1-2-4-6-5-3-1/h2,4-5,9-10,14-15,21,23,25-28H,3,6-8,11-13,16-20,22H2,1H3;1-6H/b15-14+;/t26?,27-,28?;/m0./s1. The molecule has 242 valence electrons. The monoisotopic (exact) mass is 616 g/mol. The number of ether oxygens (including phenoxy) is 1. The molecule has 3 aliphatic rings. The molecule has 45 heavy (non-hydrogen) atoms. The third kappa shape index (κ3) is 9.34. The van der Waals surface area contributed by atoms with Gasteiger partial charge >= 0.3 is 0 Å². The maximum Gasteiger partial charge on any atom is 0.249 e. The molecule has 2 aliphatic heterocycles. The Morgan fingerprint density at radius 3 is 2.13 bits per heavy atom. The van der Waals surface area contributed by atoms with E-state index in [1.54, 1.807) is 12.0 Å². The van der Waals surface area contributed by atoms with Crippen LogP contribution in [0.15, 0.2) is 72.8 Å².